The Bertz CT molecular complexity index is 6.00. The number of hydrogen-bond donors (Lipinski definition) is 0. The van der Waals surface area contributed by atoms with Crippen LogP contribution in [0.4, 0.5) is 0 Å². The molecule has 0 aliphatic rings. The van der Waals surface area contributed by atoms with Crippen molar-refractivity contribution in [1.82, 2.24) is 0 Å². The van der Waals surface area contributed by atoms with Crippen molar-refractivity contribution in [2.24, 2.45) is 0 Å². The van der Waals surface area contributed by atoms with Crippen LogP contribution < -0.4 is 0 Å². The van der Waals surface area contributed by atoms with Gasteiger partial charge in [-0.2, -0.15) is 0 Å². The molecule has 2 nitrogen and oxygen atoms in total. The van der Waals surface area contributed by atoms with Gasteiger partial charge in [0.05, 0.1) is 0 Å². The third kappa shape index (κ3) is 10.4. The molecule has 0 saturated heterocycles. The number of rotatable bonds is 0. The summed E-state index contributed by atoms with van der Waals surface area (Å²) >= 11 is 1.69. The minimum atomic E-state index is 0. The van der Waals surface area contributed by atoms with Crippen LogP contribution in [0.3, 0.4) is 0 Å². The molecule has 0 amide bonds. The molecule has 0 saturated carbocycles. The van der Waals surface area contributed by atoms with Gasteiger partial charge in [0.2, 0.25) is 0 Å². The summed E-state index contributed by atoms with van der Waals surface area (Å²) in [4.78, 5) is 0. The summed E-state index contributed by atoms with van der Waals surface area (Å²) in [5, 5.41) is 0. The van der Waals surface area contributed by atoms with Crippen LogP contribution in [0.5, 0.6) is 0 Å². The van der Waals surface area contributed by atoms with Gasteiger partial charge in [-0.1, -0.05) is 0 Å². The van der Waals surface area contributed by atoms with E-state index in [1.807, 2.05) is 0 Å². The first-order valence-electron chi connectivity index (χ1n) is 0.154. The molecule has 0 aliphatic heterocycles. The summed E-state index contributed by atoms with van der Waals surface area (Å²) in [6, 6.07) is 0. The van der Waals surface area contributed by atoms with Crippen LogP contribution in [-0.4, -0.2) is 35.0 Å². The van der Waals surface area contributed by atoms with Gasteiger partial charge in [0.15, 0.2) is 0 Å². The SMILES string of the molecule is O.[NaH].[O]=[Mn]. The van der Waals surface area contributed by atoms with Gasteiger partial charge in [0.1, 0.15) is 0 Å². The molecule has 0 atom stereocenters. The van der Waals surface area contributed by atoms with E-state index in [-0.39, 0.29) is 35.0 Å². The Morgan fingerprint density at radius 1 is 1.25 bits per heavy atom. The molecule has 0 unspecified atom stereocenters. The van der Waals surface area contributed by atoms with Gasteiger partial charge in [-0.3, -0.25) is 0 Å². The van der Waals surface area contributed by atoms with Crippen LogP contribution in [-0.2, 0) is 19.8 Å². The van der Waals surface area contributed by atoms with E-state index < -0.39 is 0 Å². The van der Waals surface area contributed by atoms with Crippen LogP contribution in [0.1, 0.15) is 0 Å². The standard InChI is InChI=1S/Mn.Na.H2O.O.H/h;;1H2;;. The normalized spacial score (nSPS) is 1.00. The van der Waals surface area contributed by atoms with Crippen molar-refractivity contribution in [3.05, 3.63) is 0 Å². The minimum absolute atomic E-state index is 0. The van der Waals surface area contributed by atoms with E-state index >= 15 is 0 Å². The van der Waals surface area contributed by atoms with Crippen molar-refractivity contribution >= 4 is 29.6 Å². The zero-order chi connectivity index (χ0) is 2.00. The Morgan fingerprint density at radius 3 is 1.25 bits per heavy atom. The Labute approximate surface area is 54.6 Å². The maximum atomic E-state index is 8.06. The molecule has 0 aliphatic carbocycles. The van der Waals surface area contributed by atoms with Crippen LogP contribution >= 0.6 is 0 Å². The maximum absolute atomic E-state index is 8.06. The molecule has 0 heterocycles. The first-order valence-corrected chi connectivity index (χ1v) is 0.636. The van der Waals surface area contributed by atoms with E-state index in [4.69, 9.17) is 3.83 Å². The van der Waals surface area contributed by atoms with E-state index in [2.05, 4.69) is 0 Å². The zero-order valence-corrected chi connectivity index (χ0v) is 2.47. The van der Waals surface area contributed by atoms with Crippen molar-refractivity contribution in [2.75, 3.05) is 0 Å². The van der Waals surface area contributed by atoms with Crippen molar-refractivity contribution in [1.29, 1.82) is 0 Å². The summed E-state index contributed by atoms with van der Waals surface area (Å²) in [5.74, 6) is 0. The summed E-state index contributed by atoms with van der Waals surface area (Å²) < 4.78 is 8.06. The summed E-state index contributed by atoms with van der Waals surface area (Å²) in [6.07, 6.45) is 0. The van der Waals surface area contributed by atoms with Crippen LogP contribution in [0.25, 0.3) is 0 Å². The molecule has 0 aromatic rings. The molecule has 2 N–H and O–H groups in total. The fourth-order valence-electron chi connectivity index (χ4n) is 0. The first-order chi connectivity index (χ1) is 1.00. The first kappa shape index (κ1) is 18.6. The molecule has 0 spiro atoms. The van der Waals surface area contributed by atoms with Crippen molar-refractivity contribution < 1.29 is 25.3 Å². The Kier molecular flexibility index (Phi) is 131. The van der Waals surface area contributed by atoms with Gasteiger partial charge >= 0.3 is 49.3 Å². The molecular weight excluding hydrogens is 110 g/mol. The molecular formula is H3MnNaO2. The van der Waals surface area contributed by atoms with E-state index in [9.17, 15) is 0 Å². The zero-order valence-electron chi connectivity index (χ0n) is 1.29. The Hall–Kier alpha value is 1.28. The van der Waals surface area contributed by atoms with Gasteiger partial charge in [0.25, 0.3) is 0 Å². The van der Waals surface area contributed by atoms with E-state index in [1.165, 1.54) is 0 Å². The van der Waals surface area contributed by atoms with Crippen LogP contribution in [0, 0.1) is 0 Å². The summed E-state index contributed by atoms with van der Waals surface area (Å²) in [7, 11) is 0. The number of hydrogen-bond acceptors (Lipinski definition) is 1. The second-order valence-electron chi connectivity index (χ2n) is 0. The molecule has 23 valence electrons. The quantitative estimate of drug-likeness (QED) is 0.349. The van der Waals surface area contributed by atoms with Gasteiger partial charge in [-0.05, 0) is 0 Å². The fourth-order valence-corrected chi connectivity index (χ4v) is 0. The summed E-state index contributed by atoms with van der Waals surface area (Å²) in [6.45, 7) is 0. The molecule has 0 aromatic heterocycles. The van der Waals surface area contributed by atoms with Crippen molar-refractivity contribution in [3.63, 3.8) is 0 Å². The van der Waals surface area contributed by atoms with E-state index in [0.717, 1.165) is 0 Å². The van der Waals surface area contributed by atoms with Gasteiger partial charge in [-0.15, -0.1) is 0 Å². The monoisotopic (exact) mass is 113 g/mol. The molecule has 0 fully saturated rings. The van der Waals surface area contributed by atoms with Gasteiger partial charge < -0.3 is 5.48 Å². The molecule has 4 heavy (non-hydrogen) atoms. The topological polar surface area (TPSA) is 48.6 Å². The molecule has 0 aromatic carbocycles. The van der Waals surface area contributed by atoms with Crippen molar-refractivity contribution in [2.45, 2.75) is 0 Å². The Balaban J connectivity index is -0.00000000500. The Morgan fingerprint density at radius 2 is 1.25 bits per heavy atom. The predicted octanol–water partition coefficient (Wildman–Crippen LogP) is -1.59. The molecule has 4 heteroatoms. The summed E-state index contributed by atoms with van der Waals surface area (Å²) in [5.41, 5.74) is 0. The van der Waals surface area contributed by atoms with E-state index in [0.29, 0.717) is 0 Å². The predicted molar refractivity (Wildman–Crippen MR) is 11.4 cm³/mol. The second kappa shape index (κ2) is 28.1. The van der Waals surface area contributed by atoms with Gasteiger partial charge in [-0.25, -0.2) is 0 Å². The van der Waals surface area contributed by atoms with Crippen molar-refractivity contribution in [3.8, 4) is 0 Å². The fraction of sp³-hybridized carbons (Fsp3) is 0. The second-order valence-corrected chi connectivity index (χ2v) is 0. The third-order valence-electron chi connectivity index (χ3n) is 0. The van der Waals surface area contributed by atoms with Crippen LogP contribution in [0.15, 0.2) is 0 Å². The van der Waals surface area contributed by atoms with Crippen LogP contribution in [0.2, 0.25) is 0 Å². The van der Waals surface area contributed by atoms with Gasteiger partial charge in [0, 0.05) is 0 Å². The third-order valence-corrected chi connectivity index (χ3v) is 0. The molecule has 0 radical (unpaired) electrons. The average molecular weight is 113 g/mol. The molecule has 0 bridgehead atoms. The molecule has 0 rings (SSSR count). The van der Waals surface area contributed by atoms with E-state index in [1.54, 1.807) is 15.9 Å². The average Bonchev–Trinajstić information content (AvgIpc) is 1.00.